The summed E-state index contributed by atoms with van der Waals surface area (Å²) in [4.78, 5) is 16.3. The fourth-order valence-electron chi connectivity index (χ4n) is 0.253. The third kappa shape index (κ3) is 10.3. The van der Waals surface area contributed by atoms with E-state index in [1.807, 2.05) is 0 Å². The van der Waals surface area contributed by atoms with Gasteiger partial charge in [0, 0.05) is 12.4 Å². The lowest BCUT2D eigenvalue weighted by Crippen LogP contribution is -1.66. The molecule has 1 rings (SSSR count). The highest BCUT2D eigenvalue weighted by Gasteiger charge is 1.72. The minimum Gasteiger partial charge on any atom is -0.262 e. The summed E-state index contributed by atoms with van der Waals surface area (Å²) >= 11 is 8.80. The summed E-state index contributed by atoms with van der Waals surface area (Å²) in [6, 6.07) is 1.78. The van der Waals surface area contributed by atoms with Crippen molar-refractivity contribution in [3.63, 3.8) is 0 Å². The Morgan fingerprint density at radius 3 is 1.70 bits per heavy atom. The third-order valence-electron chi connectivity index (χ3n) is 0.478. The Labute approximate surface area is 68.0 Å². The van der Waals surface area contributed by atoms with Crippen LogP contribution < -0.4 is 0 Å². The number of hydrogen-bond donors (Lipinski definition) is 0. The number of nitrogens with zero attached hydrogens (tertiary/aromatic N) is 2. The molecule has 1 aromatic rings. The van der Waals surface area contributed by atoms with E-state index in [2.05, 4.69) is 33.2 Å². The number of aromatic nitrogens is 2. The first-order valence-corrected chi connectivity index (χ1v) is 3.04. The second kappa shape index (κ2) is 6.45. The number of halogens is 2. The van der Waals surface area contributed by atoms with E-state index in [1.54, 1.807) is 18.5 Å². The molecule has 0 amide bonds. The van der Waals surface area contributed by atoms with Crippen molar-refractivity contribution in [2.24, 2.45) is 0 Å². The molecular formula is C5H4Cl2N2O. The summed E-state index contributed by atoms with van der Waals surface area (Å²) in [7, 11) is 0. The van der Waals surface area contributed by atoms with Crippen LogP contribution in [-0.2, 0) is 0 Å². The SMILES string of the molecule is O=C(Cl)Cl.c1cncnc1. The molecule has 0 spiro atoms. The zero-order valence-electron chi connectivity index (χ0n) is 4.87. The third-order valence-corrected chi connectivity index (χ3v) is 0.478. The maximum Gasteiger partial charge on any atom is 0.313 e. The Kier molecular flexibility index (Phi) is 6.02. The molecule has 0 fully saturated rings. The fraction of sp³-hybridized carbons (Fsp3) is 0. The molecule has 0 aromatic carbocycles. The van der Waals surface area contributed by atoms with Crippen LogP contribution in [-0.4, -0.2) is 14.7 Å². The summed E-state index contributed by atoms with van der Waals surface area (Å²) in [6.45, 7) is 0. The Bertz CT molecular complexity index is 150. The number of rotatable bonds is 0. The Morgan fingerprint density at radius 2 is 1.60 bits per heavy atom. The Morgan fingerprint density at radius 1 is 1.20 bits per heavy atom. The smallest absolute Gasteiger partial charge is 0.262 e. The summed E-state index contributed by atoms with van der Waals surface area (Å²) < 4.78 is -0.889. The van der Waals surface area contributed by atoms with Crippen molar-refractivity contribution >= 4 is 27.9 Å². The molecule has 0 bridgehead atoms. The van der Waals surface area contributed by atoms with E-state index in [9.17, 15) is 0 Å². The van der Waals surface area contributed by atoms with Crippen LogP contribution in [0.2, 0.25) is 0 Å². The van der Waals surface area contributed by atoms with Crippen LogP contribution in [0.3, 0.4) is 0 Å². The molecule has 10 heavy (non-hydrogen) atoms. The van der Waals surface area contributed by atoms with Gasteiger partial charge in [0.1, 0.15) is 6.33 Å². The predicted molar refractivity (Wildman–Crippen MR) is 39.1 cm³/mol. The van der Waals surface area contributed by atoms with Gasteiger partial charge < -0.3 is 0 Å². The van der Waals surface area contributed by atoms with Crippen molar-refractivity contribution in [3.8, 4) is 0 Å². The monoisotopic (exact) mass is 178 g/mol. The lowest BCUT2D eigenvalue weighted by atomic mass is 10.7. The van der Waals surface area contributed by atoms with Gasteiger partial charge in [-0.3, -0.25) is 4.79 Å². The summed E-state index contributed by atoms with van der Waals surface area (Å²) in [5, 5.41) is 0. The number of carbonyl (C=O) groups excluding carboxylic acids is 1. The molecule has 0 saturated heterocycles. The van der Waals surface area contributed by atoms with Gasteiger partial charge in [0.15, 0.2) is 0 Å². The van der Waals surface area contributed by atoms with Crippen LogP contribution in [0.5, 0.6) is 0 Å². The summed E-state index contributed by atoms with van der Waals surface area (Å²) in [5.41, 5.74) is 0. The van der Waals surface area contributed by atoms with E-state index < -0.39 is 4.70 Å². The van der Waals surface area contributed by atoms with Crippen LogP contribution in [0, 0.1) is 0 Å². The topological polar surface area (TPSA) is 42.9 Å². The van der Waals surface area contributed by atoms with Crippen molar-refractivity contribution in [1.82, 2.24) is 9.97 Å². The maximum atomic E-state index is 8.98. The quantitative estimate of drug-likeness (QED) is 0.572. The van der Waals surface area contributed by atoms with Crippen molar-refractivity contribution in [1.29, 1.82) is 0 Å². The van der Waals surface area contributed by atoms with Crippen LogP contribution in [0.15, 0.2) is 24.8 Å². The van der Waals surface area contributed by atoms with E-state index in [-0.39, 0.29) is 0 Å². The van der Waals surface area contributed by atoms with Crippen LogP contribution >= 0.6 is 23.2 Å². The van der Waals surface area contributed by atoms with Crippen LogP contribution in [0.4, 0.5) is 4.79 Å². The average molecular weight is 179 g/mol. The second-order valence-electron chi connectivity index (χ2n) is 1.13. The van der Waals surface area contributed by atoms with E-state index in [1.165, 1.54) is 6.33 Å². The van der Waals surface area contributed by atoms with E-state index >= 15 is 0 Å². The van der Waals surface area contributed by atoms with Crippen molar-refractivity contribution < 1.29 is 4.79 Å². The van der Waals surface area contributed by atoms with E-state index in [0.717, 1.165) is 0 Å². The van der Waals surface area contributed by atoms with Crippen molar-refractivity contribution in [2.75, 3.05) is 0 Å². The minimum absolute atomic E-state index is 0.889. The molecule has 3 nitrogen and oxygen atoms in total. The van der Waals surface area contributed by atoms with E-state index in [4.69, 9.17) is 4.79 Å². The van der Waals surface area contributed by atoms with Gasteiger partial charge in [-0.15, -0.1) is 0 Å². The molecule has 0 radical (unpaired) electrons. The molecule has 0 aliphatic rings. The molecule has 5 heteroatoms. The van der Waals surface area contributed by atoms with Gasteiger partial charge in [0.05, 0.1) is 0 Å². The first-order chi connectivity index (χ1) is 4.73. The lowest BCUT2D eigenvalue weighted by molar-refractivity contribution is 0.275. The molecule has 0 saturated carbocycles. The molecule has 1 aromatic heterocycles. The maximum absolute atomic E-state index is 8.98. The highest BCUT2D eigenvalue weighted by atomic mass is 35.5. The lowest BCUT2D eigenvalue weighted by Gasteiger charge is -1.70. The molecule has 0 aliphatic carbocycles. The molecular weight excluding hydrogens is 175 g/mol. The molecule has 0 atom stereocenters. The number of hydrogen-bond acceptors (Lipinski definition) is 3. The first kappa shape index (κ1) is 9.33. The van der Waals surface area contributed by atoms with Crippen molar-refractivity contribution in [3.05, 3.63) is 24.8 Å². The van der Waals surface area contributed by atoms with Gasteiger partial charge in [-0.2, -0.15) is 0 Å². The zero-order chi connectivity index (χ0) is 7.82. The Hall–Kier alpha value is -0.670. The largest absolute Gasteiger partial charge is 0.313 e. The van der Waals surface area contributed by atoms with Gasteiger partial charge in [0.25, 0.3) is 0 Å². The minimum atomic E-state index is -0.889. The molecule has 0 N–H and O–H groups in total. The molecule has 1 heterocycles. The van der Waals surface area contributed by atoms with Gasteiger partial charge in [-0.25, -0.2) is 9.97 Å². The molecule has 0 unspecified atom stereocenters. The van der Waals surface area contributed by atoms with Gasteiger partial charge in [0.2, 0.25) is 0 Å². The van der Waals surface area contributed by atoms with Crippen LogP contribution in [0.25, 0.3) is 0 Å². The first-order valence-electron chi connectivity index (χ1n) is 2.28. The molecule has 54 valence electrons. The van der Waals surface area contributed by atoms with Gasteiger partial charge in [-0.05, 0) is 29.3 Å². The highest BCUT2D eigenvalue weighted by Crippen LogP contribution is 1.84. The van der Waals surface area contributed by atoms with E-state index in [0.29, 0.717) is 0 Å². The fourth-order valence-corrected chi connectivity index (χ4v) is 0.253. The summed E-state index contributed by atoms with van der Waals surface area (Å²) in [5.74, 6) is 0. The second-order valence-corrected chi connectivity index (χ2v) is 2.01. The normalized spacial score (nSPS) is 7.40. The average Bonchev–Trinajstić information content (AvgIpc) is 1.90. The zero-order valence-corrected chi connectivity index (χ0v) is 6.38. The van der Waals surface area contributed by atoms with Crippen LogP contribution in [0.1, 0.15) is 0 Å². The van der Waals surface area contributed by atoms with Crippen molar-refractivity contribution in [2.45, 2.75) is 0 Å². The molecule has 0 aliphatic heterocycles. The standard InChI is InChI=1S/C4H4N2.CCl2O/c1-2-5-4-6-3-1;2-1(3)4/h1-4H;. The predicted octanol–water partition coefficient (Wildman–Crippen LogP) is 2.06. The van der Waals surface area contributed by atoms with Gasteiger partial charge in [-0.1, -0.05) is 0 Å². The Balaban J connectivity index is 0.000000180. The highest BCUT2D eigenvalue weighted by molar-refractivity contribution is 6.93. The number of carbonyl (C=O) groups is 1. The van der Waals surface area contributed by atoms with Gasteiger partial charge >= 0.3 is 4.70 Å². The summed E-state index contributed by atoms with van der Waals surface area (Å²) in [6.07, 6.45) is 4.88.